The lowest BCUT2D eigenvalue weighted by molar-refractivity contribution is -0.119. The Morgan fingerprint density at radius 1 is 1.60 bits per heavy atom. The van der Waals surface area contributed by atoms with Crippen molar-refractivity contribution in [2.45, 2.75) is 13.1 Å². The Bertz CT molecular complexity index is 361. The molecule has 0 aliphatic rings. The van der Waals surface area contributed by atoms with Crippen molar-refractivity contribution < 1.29 is 18.0 Å². The van der Waals surface area contributed by atoms with Crippen LogP contribution in [0, 0.1) is 0 Å². The van der Waals surface area contributed by atoms with Gasteiger partial charge in [0.25, 0.3) is 0 Å². The van der Waals surface area contributed by atoms with Crippen LogP contribution in [-0.4, -0.2) is 30.5 Å². The zero-order chi connectivity index (χ0) is 11.6. The normalized spacial score (nSPS) is 11.5. The maximum atomic E-state index is 12.0. The molecule has 0 amide bonds. The van der Waals surface area contributed by atoms with E-state index < -0.39 is 12.7 Å². The minimum Gasteiger partial charge on any atom is -0.342 e. The molecule has 0 aromatic carbocycles. The quantitative estimate of drug-likeness (QED) is 0.758. The number of alkyl halides is 3. The fourth-order valence-corrected chi connectivity index (χ4v) is 1.71. The van der Waals surface area contributed by atoms with Crippen LogP contribution in [-0.2, 0) is 0 Å². The van der Waals surface area contributed by atoms with Gasteiger partial charge < -0.3 is 4.90 Å². The molecule has 0 radical (unpaired) electrons. The number of rotatable bonds is 3. The monoisotopic (exact) mass is 238 g/mol. The Balaban J connectivity index is 2.74. The number of hydrogen-bond donors (Lipinski definition) is 0. The van der Waals surface area contributed by atoms with Crippen LogP contribution in [0.4, 0.5) is 18.3 Å². The third-order valence-corrected chi connectivity index (χ3v) is 2.80. The summed E-state index contributed by atoms with van der Waals surface area (Å²) in [5.74, 6) is -0.195. The predicted molar refractivity (Wildman–Crippen MR) is 51.4 cm³/mol. The van der Waals surface area contributed by atoms with E-state index in [1.807, 2.05) is 0 Å². The van der Waals surface area contributed by atoms with Crippen molar-refractivity contribution in [1.82, 2.24) is 4.98 Å². The van der Waals surface area contributed by atoms with Crippen molar-refractivity contribution in [1.29, 1.82) is 0 Å². The average molecular weight is 238 g/mol. The maximum absolute atomic E-state index is 12.0. The largest absolute Gasteiger partial charge is 0.405 e. The van der Waals surface area contributed by atoms with Crippen molar-refractivity contribution in [2.24, 2.45) is 0 Å². The lowest BCUT2D eigenvalue weighted by atomic mass is 10.4. The second kappa shape index (κ2) is 4.18. The Kier molecular flexibility index (Phi) is 3.33. The zero-order valence-corrected chi connectivity index (χ0v) is 8.95. The zero-order valence-electron chi connectivity index (χ0n) is 8.13. The number of Topliss-reactive ketones (excluding diaryl/α,β-unsaturated/α-hetero) is 1. The number of hydrogen-bond acceptors (Lipinski definition) is 4. The van der Waals surface area contributed by atoms with Crippen molar-refractivity contribution in [3.8, 4) is 0 Å². The summed E-state index contributed by atoms with van der Waals surface area (Å²) in [6, 6.07) is 0. The first kappa shape index (κ1) is 12.0. The average Bonchev–Trinajstić information content (AvgIpc) is 2.47. The highest BCUT2D eigenvalue weighted by Gasteiger charge is 2.30. The molecule has 0 saturated carbocycles. The van der Waals surface area contributed by atoms with Crippen LogP contribution < -0.4 is 4.90 Å². The third-order valence-electron chi connectivity index (χ3n) is 1.58. The molecule has 84 valence electrons. The summed E-state index contributed by atoms with van der Waals surface area (Å²) in [6.07, 6.45) is -2.98. The standard InChI is InChI=1S/C8H9F3N2OS/c1-5(14)6-3-12-7(15-6)13(2)4-8(9,10)11/h3H,4H2,1-2H3. The Hall–Kier alpha value is -1.11. The van der Waals surface area contributed by atoms with E-state index in [0.29, 0.717) is 4.88 Å². The molecule has 1 aromatic heterocycles. The molecule has 0 aliphatic heterocycles. The molecule has 15 heavy (non-hydrogen) atoms. The fraction of sp³-hybridized carbons (Fsp3) is 0.500. The van der Waals surface area contributed by atoms with Gasteiger partial charge in [0.05, 0.1) is 11.1 Å². The topological polar surface area (TPSA) is 33.2 Å². The van der Waals surface area contributed by atoms with Gasteiger partial charge in [-0.1, -0.05) is 11.3 Å². The van der Waals surface area contributed by atoms with Gasteiger partial charge in [0, 0.05) is 14.0 Å². The second-order valence-electron chi connectivity index (χ2n) is 3.03. The minimum absolute atomic E-state index is 0.192. The molecule has 0 saturated heterocycles. The van der Waals surface area contributed by atoms with Crippen LogP contribution in [0.2, 0.25) is 0 Å². The minimum atomic E-state index is -4.27. The van der Waals surface area contributed by atoms with Crippen molar-refractivity contribution >= 4 is 22.3 Å². The second-order valence-corrected chi connectivity index (χ2v) is 4.04. The Morgan fingerprint density at radius 3 is 2.60 bits per heavy atom. The molecule has 0 unspecified atom stereocenters. The first-order valence-corrected chi connectivity index (χ1v) is 4.86. The lowest BCUT2D eigenvalue weighted by Gasteiger charge is -2.17. The lowest BCUT2D eigenvalue weighted by Crippen LogP contribution is -2.30. The molecule has 1 heterocycles. The van der Waals surface area contributed by atoms with Gasteiger partial charge in [-0.15, -0.1) is 0 Å². The molecule has 0 fully saturated rings. The van der Waals surface area contributed by atoms with E-state index in [-0.39, 0.29) is 10.9 Å². The van der Waals surface area contributed by atoms with Crippen LogP contribution in [0.15, 0.2) is 6.20 Å². The molecular weight excluding hydrogens is 229 g/mol. The van der Waals surface area contributed by atoms with Gasteiger partial charge in [-0.3, -0.25) is 4.79 Å². The molecule has 0 spiro atoms. The summed E-state index contributed by atoms with van der Waals surface area (Å²) in [7, 11) is 1.29. The number of thiazole rings is 1. The van der Waals surface area contributed by atoms with Gasteiger partial charge in [-0.2, -0.15) is 13.2 Å². The summed E-state index contributed by atoms with van der Waals surface area (Å²) >= 11 is 0.955. The van der Waals surface area contributed by atoms with Gasteiger partial charge in [0.1, 0.15) is 6.54 Å². The van der Waals surface area contributed by atoms with Gasteiger partial charge in [0.2, 0.25) is 0 Å². The van der Waals surface area contributed by atoms with Gasteiger partial charge >= 0.3 is 6.18 Å². The van der Waals surface area contributed by atoms with Crippen molar-refractivity contribution in [3.05, 3.63) is 11.1 Å². The molecule has 0 aliphatic carbocycles. The van der Waals surface area contributed by atoms with E-state index in [4.69, 9.17) is 0 Å². The highest BCUT2D eigenvalue weighted by molar-refractivity contribution is 7.17. The fourth-order valence-electron chi connectivity index (χ4n) is 0.941. The van der Waals surface area contributed by atoms with Gasteiger partial charge in [-0.25, -0.2) is 4.98 Å². The van der Waals surface area contributed by atoms with Crippen LogP contribution in [0.1, 0.15) is 16.6 Å². The number of halogens is 3. The Labute approximate surface area is 88.5 Å². The Morgan fingerprint density at radius 2 is 2.20 bits per heavy atom. The highest BCUT2D eigenvalue weighted by atomic mass is 32.1. The predicted octanol–water partition coefficient (Wildman–Crippen LogP) is 2.34. The summed E-state index contributed by atoms with van der Waals surface area (Å²) in [5.41, 5.74) is 0. The molecule has 0 atom stereocenters. The number of ketones is 1. The first-order valence-electron chi connectivity index (χ1n) is 4.04. The van der Waals surface area contributed by atoms with Crippen LogP contribution in [0.5, 0.6) is 0 Å². The van der Waals surface area contributed by atoms with E-state index in [1.54, 1.807) is 0 Å². The van der Waals surface area contributed by atoms with Gasteiger partial charge in [-0.05, 0) is 0 Å². The van der Waals surface area contributed by atoms with E-state index in [0.717, 1.165) is 16.2 Å². The van der Waals surface area contributed by atoms with Crippen molar-refractivity contribution in [3.63, 3.8) is 0 Å². The van der Waals surface area contributed by atoms with E-state index in [1.165, 1.54) is 20.2 Å². The third kappa shape index (κ3) is 3.50. The molecule has 1 aromatic rings. The van der Waals surface area contributed by atoms with E-state index in [2.05, 4.69) is 4.98 Å². The molecule has 0 N–H and O–H groups in total. The number of aromatic nitrogens is 1. The number of carbonyl (C=O) groups excluding carboxylic acids is 1. The molecule has 1 rings (SSSR count). The smallest absolute Gasteiger partial charge is 0.342 e. The number of nitrogens with zero attached hydrogens (tertiary/aromatic N) is 2. The molecule has 3 nitrogen and oxygen atoms in total. The molecule has 0 bridgehead atoms. The van der Waals surface area contributed by atoms with Crippen LogP contribution >= 0.6 is 11.3 Å². The summed E-state index contributed by atoms with van der Waals surface area (Å²) in [6.45, 7) is 0.277. The maximum Gasteiger partial charge on any atom is 0.405 e. The number of anilines is 1. The van der Waals surface area contributed by atoms with Crippen LogP contribution in [0.25, 0.3) is 0 Å². The highest BCUT2D eigenvalue weighted by Crippen LogP contribution is 2.25. The van der Waals surface area contributed by atoms with Crippen molar-refractivity contribution in [2.75, 3.05) is 18.5 Å². The SMILES string of the molecule is CC(=O)c1cnc(N(C)CC(F)(F)F)s1. The van der Waals surface area contributed by atoms with Crippen LogP contribution in [0.3, 0.4) is 0 Å². The molecular formula is C8H9F3N2OS. The van der Waals surface area contributed by atoms with E-state index in [9.17, 15) is 18.0 Å². The molecule has 7 heteroatoms. The summed E-state index contributed by atoms with van der Waals surface area (Å²) in [4.78, 5) is 16.0. The first-order chi connectivity index (χ1) is 6.79. The van der Waals surface area contributed by atoms with E-state index >= 15 is 0 Å². The summed E-state index contributed by atoms with van der Waals surface area (Å²) in [5, 5.41) is 0.192. The number of carbonyl (C=O) groups is 1. The van der Waals surface area contributed by atoms with Gasteiger partial charge in [0.15, 0.2) is 10.9 Å². The summed E-state index contributed by atoms with van der Waals surface area (Å²) < 4.78 is 36.1.